The standard InChI is InChI=1S/C23H29ClN2O4S/c1-2-5-18-20(9-8-17(23(18)28)6-3-11-26-29)30-12-4-13-31-21-10-7-16(14-19(21)24)15-22(25)27/h7-11,14,28-29H,2-6,12-13,15H2,1H3,(H2,25,27). The number of amides is 1. The van der Waals surface area contributed by atoms with Gasteiger partial charge in [-0.15, -0.1) is 16.9 Å². The van der Waals surface area contributed by atoms with E-state index in [0.717, 1.165) is 46.6 Å². The van der Waals surface area contributed by atoms with E-state index < -0.39 is 0 Å². The van der Waals surface area contributed by atoms with Crippen LogP contribution in [0.5, 0.6) is 11.5 Å². The lowest BCUT2D eigenvalue weighted by atomic mass is 10.0. The van der Waals surface area contributed by atoms with Crippen LogP contribution in [-0.4, -0.2) is 34.8 Å². The molecule has 0 unspecified atom stereocenters. The number of aromatic hydroxyl groups is 1. The predicted molar refractivity (Wildman–Crippen MR) is 126 cm³/mol. The summed E-state index contributed by atoms with van der Waals surface area (Å²) >= 11 is 7.93. The van der Waals surface area contributed by atoms with Crippen LogP contribution in [0.25, 0.3) is 0 Å². The molecule has 0 aromatic heterocycles. The van der Waals surface area contributed by atoms with Crippen LogP contribution in [0.15, 0.2) is 40.4 Å². The summed E-state index contributed by atoms with van der Waals surface area (Å²) in [5, 5.41) is 22.8. The van der Waals surface area contributed by atoms with Gasteiger partial charge in [0.25, 0.3) is 0 Å². The fraction of sp³-hybridized carbons (Fsp3) is 0.391. The molecule has 0 aliphatic rings. The van der Waals surface area contributed by atoms with Gasteiger partial charge in [-0.1, -0.05) is 37.1 Å². The van der Waals surface area contributed by atoms with Gasteiger partial charge in [0.2, 0.25) is 5.91 Å². The number of nitrogens with two attached hydrogens (primary N) is 1. The molecule has 6 nitrogen and oxygen atoms in total. The van der Waals surface area contributed by atoms with Crippen LogP contribution in [0.1, 0.15) is 42.9 Å². The number of benzene rings is 2. The molecule has 0 heterocycles. The number of carbonyl (C=O) groups excluding carboxylic acids is 1. The summed E-state index contributed by atoms with van der Waals surface area (Å²) in [5.74, 6) is 1.41. The van der Waals surface area contributed by atoms with E-state index >= 15 is 0 Å². The zero-order valence-electron chi connectivity index (χ0n) is 17.6. The third-order valence-electron chi connectivity index (χ3n) is 4.63. The predicted octanol–water partition coefficient (Wildman–Crippen LogP) is 4.98. The average Bonchev–Trinajstić information content (AvgIpc) is 2.72. The van der Waals surface area contributed by atoms with Gasteiger partial charge in [-0.05, 0) is 55.0 Å². The molecule has 0 fully saturated rings. The summed E-state index contributed by atoms with van der Waals surface area (Å²) in [5.41, 5.74) is 7.66. The molecule has 31 heavy (non-hydrogen) atoms. The van der Waals surface area contributed by atoms with Crippen molar-refractivity contribution in [3.05, 3.63) is 52.0 Å². The van der Waals surface area contributed by atoms with Gasteiger partial charge >= 0.3 is 0 Å². The molecule has 168 valence electrons. The fourth-order valence-corrected chi connectivity index (χ4v) is 4.38. The van der Waals surface area contributed by atoms with E-state index in [2.05, 4.69) is 12.1 Å². The van der Waals surface area contributed by atoms with Crippen molar-refractivity contribution < 1.29 is 19.8 Å². The van der Waals surface area contributed by atoms with E-state index in [0.29, 0.717) is 30.2 Å². The van der Waals surface area contributed by atoms with Crippen molar-refractivity contribution in [2.75, 3.05) is 12.4 Å². The summed E-state index contributed by atoms with van der Waals surface area (Å²) in [6, 6.07) is 9.31. The highest BCUT2D eigenvalue weighted by molar-refractivity contribution is 7.99. The van der Waals surface area contributed by atoms with Crippen molar-refractivity contribution in [1.29, 1.82) is 0 Å². The first-order chi connectivity index (χ1) is 15.0. The summed E-state index contributed by atoms with van der Waals surface area (Å²) in [6.45, 7) is 2.58. The highest BCUT2D eigenvalue weighted by Crippen LogP contribution is 2.34. The number of nitrogens with zero attached hydrogens (tertiary/aromatic N) is 1. The summed E-state index contributed by atoms with van der Waals surface area (Å²) in [4.78, 5) is 12.0. The second-order valence-corrected chi connectivity index (χ2v) is 8.64. The lowest BCUT2D eigenvalue weighted by Gasteiger charge is -2.15. The normalized spacial score (nSPS) is 11.2. The van der Waals surface area contributed by atoms with Crippen LogP contribution < -0.4 is 10.5 Å². The maximum atomic E-state index is 11.0. The molecule has 0 saturated carbocycles. The van der Waals surface area contributed by atoms with Crippen LogP contribution in [0, 0.1) is 0 Å². The van der Waals surface area contributed by atoms with Crippen LogP contribution in [0.3, 0.4) is 0 Å². The number of oxime groups is 1. The molecule has 0 atom stereocenters. The molecular formula is C23H29ClN2O4S. The number of thioether (sulfide) groups is 1. The number of aryl methyl sites for hydroxylation is 1. The van der Waals surface area contributed by atoms with Crippen LogP contribution in [0.2, 0.25) is 5.02 Å². The first-order valence-corrected chi connectivity index (χ1v) is 11.6. The molecule has 0 aliphatic heterocycles. The largest absolute Gasteiger partial charge is 0.507 e. The molecule has 0 aliphatic carbocycles. The molecule has 2 aromatic rings. The second-order valence-electron chi connectivity index (χ2n) is 7.10. The maximum absolute atomic E-state index is 11.0. The number of halogens is 1. The average molecular weight is 465 g/mol. The van der Waals surface area contributed by atoms with E-state index in [1.807, 2.05) is 24.3 Å². The Morgan fingerprint density at radius 2 is 2.10 bits per heavy atom. The number of primary amides is 1. The molecule has 8 heteroatoms. The van der Waals surface area contributed by atoms with Crippen molar-refractivity contribution in [2.45, 2.75) is 50.3 Å². The number of rotatable bonds is 13. The zero-order valence-corrected chi connectivity index (χ0v) is 19.2. The van der Waals surface area contributed by atoms with Gasteiger partial charge in [0.1, 0.15) is 11.5 Å². The van der Waals surface area contributed by atoms with Crippen molar-refractivity contribution in [1.82, 2.24) is 0 Å². The smallest absolute Gasteiger partial charge is 0.221 e. The molecule has 2 aromatic carbocycles. The quantitative estimate of drug-likeness (QED) is 0.127. The van der Waals surface area contributed by atoms with E-state index in [-0.39, 0.29) is 18.1 Å². The lowest BCUT2D eigenvalue weighted by Crippen LogP contribution is -2.13. The van der Waals surface area contributed by atoms with Gasteiger partial charge in [-0.3, -0.25) is 4.79 Å². The van der Waals surface area contributed by atoms with Gasteiger partial charge in [0.15, 0.2) is 0 Å². The maximum Gasteiger partial charge on any atom is 0.221 e. The highest BCUT2D eigenvalue weighted by Gasteiger charge is 2.13. The molecule has 4 N–H and O–H groups in total. The molecule has 2 rings (SSSR count). The minimum Gasteiger partial charge on any atom is -0.507 e. The van der Waals surface area contributed by atoms with Gasteiger partial charge < -0.3 is 20.8 Å². The Morgan fingerprint density at radius 3 is 2.77 bits per heavy atom. The summed E-state index contributed by atoms with van der Waals surface area (Å²) in [7, 11) is 0. The Labute approximate surface area is 192 Å². The van der Waals surface area contributed by atoms with Gasteiger partial charge in [0.05, 0.1) is 18.1 Å². The number of ether oxygens (including phenoxy) is 1. The summed E-state index contributed by atoms with van der Waals surface area (Å²) < 4.78 is 5.96. The first-order valence-electron chi connectivity index (χ1n) is 10.3. The van der Waals surface area contributed by atoms with E-state index in [4.69, 9.17) is 27.3 Å². The number of carbonyl (C=O) groups is 1. The Morgan fingerprint density at radius 1 is 1.29 bits per heavy atom. The van der Waals surface area contributed by atoms with Crippen LogP contribution in [0.4, 0.5) is 0 Å². The molecule has 0 spiro atoms. The minimum atomic E-state index is -0.380. The fourth-order valence-electron chi connectivity index (χ4n) is 3.17. The van der Waals surface area contributed by atoms with Crippen molar-refractivity contribution in [3.8, 4) is 11.5 Å². The molecule has 1 amide bonds. The monoisotopic (exact) mass is 464 g/mol. The SMILES string of the molecule is CCCc1c(OCCCSc2ccc(CC(N)=O)cc2Cl)ccc(CCC=NO)c1O. The molecule has 0 saturated heterocycles. The number of hydrogen-bond acceptors (Lipinski definition) is 6. The third-order valence-corrected chi connectivity index (χ3v) is 6.21. The van der Waals surface area contributed by atoms with Gasteiger partial charge in [0, 0.05) is 22.4 Å². The first kappa shape index (κ1) is 24.9. The van der Waals surface area contributed by atoms with Crippen LogP contribution >= 0.6 is 23.4 Å². The third kappa shape index (κ3) is 7.99. The van der Waals surface area contributed by atoms with Crippen molar-refractivity contribution in [2.24, 2.45) is 10.9 Å². The highest BCUT2D eigenvalue weighted by atomic mass is 35.5. The molecule has 0 bridgehead atoms. The number of phenols is 1. The topological polar surface area (TPSA) is 105 Å². The Kier molecular flexibility index (Phi) is 10.5. The second kappa shape index (κ2) is 13.1. The van der Waals surface area contributed by atoms with Crippen molar-refractivity contribution in [3.63, 3.8) is 0 Å². The van der Waals surface area contributed by atoms with E-state index in [1.165, 1.54) is 6.21 Å². The van der Waals surface area contributed by atoms with Crippen LogP contribution in [-0.2, 0) is 24.1 Å². The van der Waals surface area contributed by atoms with Gasteiger partial charge in [-0.2, -0.15) is 0 Å². The Bertz CT molecular complexity index is 905. The van der Waals surface area contributed by atoms with E-state index in [1.54, 1.807) is 17.8 Å². The molecular weight excluding hydrogens is 436 g/mol. The zero-order chi connectivity index (χ0) is 22.6. The van der Waals surface area contributed by atoms with E-state index in [9.17, 15) is 9.90 Å². The lowest BCUT2D eigenvalue weighted by molar-refractivity contribution is -0.117. The summed E-state index contributed by atoms with van der Waals surface area (Å²) in [6.07, 6.45) is 5.18. The number of hydrogen-bond donors (Lipinski definition) is 3. The number of phenolic OH excluding ortho intramolecular Hbond substituents is 1. The Balaban J connectivity index is 1.89. The molecule has 0 radical (unpaired) electrons. The van der Waals surface area contributed by atoms with Gasteiger partial charge in [-0.25, -0.2) is 0 Å². The van der Waals surface area contributed by atoms with Crippen molar-refractivity contribution >= 4 is 35.5 Å². The minimum absolute atomic E-state index is 0.180. The Hall–Kier alpha value is -2.38.